The van der Waals surface area contributed by atoms with Crippen LogP contribution in [0.25, 0.3) is 11.3 Å². The number of ether oxygens (including phenoxy) is 2. The van der Waals surface area contributed by atoms with Gasteiger partial charge in [-0.25, -0.2) is 14.0 Å². The second-order valence-electron chi connectivity index (χ2n) is 5.73. The molecule has 0 radical (unpaired) electrons. The molecule has 0 aliphatic carbocycles. The number of nitrogens with two attached hydrogens (primary N) is 1. The zero-order chi connectivity index (χ0) is 21.0. The summed E-state index contributed by atoms with van der Waals surface area (Å²) >= 11 is 0.899. The average Bonchev–Trinajstić information content (AvgIpc) is 3.31. The molecule has 0 spiro atoms. The van der Waals surface area contributed by atoms with Crippen LogP contribution in [0.4, 0.5) is 9.39 Å². The van der Waals surface area contributed by atoms with Gasteiger partial charge in [0.1, 0.15) is 34.1 Å². The molecule has 29 heavy (non-hydrogen) atoms. The smallest absolute Gasteiger partial charge is 0.374 e. The van der Waals surface area contributed by atoms with Crippen LogP contribution < -0.4 is 5.73 Å². The Hall–Kier alpha value is -3.64. The Morgan fingerprint density at radius 2 is 1.90 bits per heavy atom. The number of anilines is 1. The van der Waals surface area contributed by atoms with E-state index in [9.17, 15) is 19.2 Å². The quantitative estimate of drug-likeness (QED) is 0.603. The number of nitrogen functional groups attached to an aromatic ring is 1. The number of thiophene rings is 1. The topological polar surface area (TPSA) is 116 Å². The lowest BCUT2D eigenvalue weighted by Gasteiger charge is -2.05. The summed E-state index contributed by atoms with van der Waals surface area (Å²) in [4.78, 5) is 24.5. The molecular formula is C20H15FN2O5S. The number of rotatable bonds is 6. The van der Waals surface area contributed by atoms with E-state index in [0.717, 1.165) is 11.3 Å². The van der Waals surface area contributed by atoms with Crippen molar-refractivity contribution in [3.63, 3.8) is 0 Å². The van der Waals surface area contributed by atoms with E-state index in [2.05, 4.69) is 0 Å². The zero-order valence-electron chi connectivity index (χ0n) is 15.2. The van der Waals surface area contributed by atoms with E-state index in [1.54, 1.807) is 13.0 Å². The maximum atomic E-state index is 13.0. The monoisotopic (exact) mass is 414 g/mol. The van der Waals surface area contributed by atoms with Crippen molar-refractivity contribution in [3.8, 4) is 17.4 Å². The van der Waals surface area contributed by atoms with Gasteiger partial charge >= 0.3 is 11.9 Å². The van der Waals surface area contributed by atoms with E-state index in [1.165, 1.54) is 30.3 Å². The molecule has 0 atom stereocenters. The molecule has 3 rings (SSSR count). The minimum Gasteiger partial charge on any atom is -0.462 e. The van der Waals surface area contributed by atoms with Crippen LogP contribution in [0.2, 0.25) is 0 Å². The molecule has 3 aromatic rings. The fourth-order valence-electron chi connectivity index (χ4n) is 2.53. The van der Waals surface area contributed by atoms with Crippen LogP contribution >= 0.6 is 11.3 Å². The molecule has 0 saturated heterocycles. The Kier molecular flexibility index (Phi) is 5.95. The van der Waals surface area contributed by atoms with Crippen LogP contribution in [0.1, 0.15) is 38.3 Å². The standard InChI is InChI=1S/C20H15FN2O5S/c1-2-26-20(25)17-14(13(9-22)18(23)29-17)10-27-19(24)16-8-7-15(28-16)11-3-5-12(21)6-4-11/h3-8H,2,10,23H2,1H3. The molecule has 2 aromatic heterocycles. The van der Waals surface area contributed by atoms with Crippen molar-refractivity contribution in [1.29, 1.82) is 5.26 Å². The number of furan rings is 1. The van der Waals surface area contributed by atoms with Gasteiger partial charge in [-0.15, -0.1) is 11.3 Å². The Morgan fingerprint density at radius 1 is 1.17 bits per heavy atom. The van der Waals surface area contributed by atoms with Crippen LogP contribution in [0.3, 0.4) is 0 Å². The SMILES string of the molecule is CCOC(=O)c1sc(N)c(C#N)c1COC(=O)c1ccc(-c2ccc(F)cc2)o1. The molecular weight excluding hydrogens is 399 g/mol. The van der Waals surface area contributed by atoms with E-state index >= 15 is 0 Å². The van der Waals surface area contributed by atoms with Gasteiger partial charge in [0.15, 0.2) is 0 Å². The largest absolute Gasteiger partial charge is 0.462 e. The zero-order valence-corrected chi connectivity index (χ0v) is 16.0. The predicted octanol–water partition coefficient (Wildman–Crippen LogP) is 4.13. The van der Waals surface area contributed by atoms with Gasteiger partial charge < -0.3 is 19.6 Å². The number of carbonyl (C=O) groups excluding carboxylic acids is 2. The van der Waals surface area contributed by atoms with E-state index in [4.69, 9.17) is 19.6 Å². The minimum absolute atomic E-state index is 0.0669. The highest BCUT2D eigenvalue weighted by atomic mass is 32.1. The summed E-state index contributed by atoms with van der Waals surface area (Å²) in [5.74, 6) is -1.54. The van der Waals surface area contributed by atoms with Gasteiger partial charge in [-0.3, -0.25) is 0 Å². The maximum Gasteiger partial charge on any atom is 0.374 e. The number of nitrogens with zero attached hydrogens (tertiary/aromatic N) is 1. The van der Waals surface area contributed by atoms with Crippen molar-refractivity contribution >= 4 is 28.3 Å². The van der Waals surface area contributed by atoms with Gasteiger partial charge in [-0.05, 0) is 43.3 Å². The lowest BCUT2D eigenvalue weighted by Crippen LogP contribution is -2.09. The number of esters is 2. The van der Waals surface area contributed by atoms with Gasteiger partial charge in [0.2, 0.25) is 5.76 Å². The van der Waals surface area contributed by atoms with Gasteiger partial charge in [0, 0.05) is 11.1 Å². The number of benzene rings is 1. The lowest BCUT2D eigenvalue weighted by atomic mass is 10.1. The summed E-state index contributed by atoms with van der Waals surface area (Å²) in [6.45, 7) is 1.45. The summed E-state index contributed by atoms with van der Waals surface area (Å²) in [5.41, 5.74) is 6.63. The fourth-order valence-corrected chi connectivity index (χ4v) is 3.45. The number of hydrogen-bond acceptors (Lipinski definition) is 8. The third kappa shape index (κ3) is 4.28. The highest BCUT2D eigenvalue weighted by molar-refractivity contribution is 7.18. The molecule has 2 heterocycles. The number of halogens is 1. The Balaban J connectivity index is 1.77. The van der Waals surface area contributed by atoms with Crippen molar-refractivity contribution in [2.24, 2.45) is 0 Å². The third-order valence-electron chi connectivity index (χ3n) is 3.89. The van der Waals surface area contributed by atoms with E-state index < -0.39 is 11.9 Å². The molecule has 148 valence electrons. The fraction of sp³-hybridized carbons (Fsp3) is 0.150. The van der Waals surface area contributed by atoms with Crippen molar-refractivity contribution in [1.82, 2.24) is 0 Å². The summed E-state index contributed by atoms with van der Waals surface area (Å²) in [6, 6.07) is 10.5. The first kappa shape index (κ1) is 20.1. The van der Waals surface area contributed by atoms with Gasteiger partial charge in [0.05, 0.1) is 12.2 Å². The number of carbonyl (C=O) groups is 2. The normalized spacial score (nSPS) is 10.4. The summed E-state index contributed by atoms with van der Waals surface area (Å²) in [5, 5.41) is 9.43. The summed E-state index contributed by atoms with van der Waals surface area (Å²) in [6.07, 6.45) is 0. The molecule has 0 saturated carbocycles. The first-order valence-corrected chi connectivity index (χ1v) is 9.27. The van der Waals surface area contributed by atoms with Crippen LogP contribution in [0, 0.1) is 17.1 Å². The summed E-state index contributed by atoms with van der Waals surface area (Å²) in [7, 11) is 0. The molecule has 0 bridgehead atoms. The van der Waals surface area contributed by atoms with Gasteiger partial charge in [-0.1, -0.05) is 0 Å². The number of nitriles is 1. The molecule has 0 aliphatic rings. The molecule has 9 heteroatoms. The Labute approximate surface area is 169 Å². The highest BCUT2D eigenvalue weighted by Crippen LogP contribution is 2.32. The first-order chi connectivity index (χ1) is 13.9. The number of hydrogen-bond donors (Lipinski definition) is 1. The molecule has 2 N–H and O–H groups in total. The molecule has 0 unspecified atom stereocenters. The van der Waals surface area contributed by atoms with Crippen LogP contribution in [0.15, 0.2) is 40.8 Å². The van der Waals surface area contributed by atoms with E-state index in [1.807, 2.05) is 6.07 Å². The van der Waals surface area contributed by atoms with Gasteiger partial charge in [0.25, 0.3) is 0 Å². The van der Waals surface area contributed by atoms with Crippen molar-refractivity contribution in [2.45, 2.75) is 13.5 Å². The van der Waals surface area contributed by atoms with Crippen molar-refractivity contribution < 1.29 is 27.9 Å². The average molecular weight is 414 g/mol. The van der Waals surface area contributed by atoms with E-state index in [0.29, 0.717) is 11.3 Å². The predicted molar refractivity (Wildman–Crippen MR) is 103 cm³/mol. The van der Waals surface area contributed by atoms with Crippen LogP contribution in [0.5, 0.6) is 0 Å². The maximum absolute atomic E-state index is 13.0. The van der Waals surface area contributed by atoms with Crippen LogP contribution in [-0.4, -0.2) is 18.5 Å². The molecule has 1 aromatic carbocycles. The van der Waals surface area contributed by atoms with Crippen LogP contribution in [-0.2, 0) is 16.1 Å². The third-order valence-corrected chi connectivity index (χ3v) is 4.93. The highest BCUT2D eigenvalue weighted by Gasteiger charge is 2.24. The second-order valence-corrected chi connectivity index (χ2v) is 6.78. The lowest BCUT2D eigenvalue weighted by molar-refractivity contribution is 0.0423. The van der Waals surface area contributed by atoms with Crippen molar-refractivity contribution in [3.05, 3.63) is 64.0 Å². The molecule has 7 nitrogen and oxygen atoms in total. The van der Waals surface area contributed by atoms with Crippen molar-refractivity contribution in [2.75, 3.05) is 12.3 Å². The van der Waals surface area contributed by atoms with E-state index in [-0.39, 0.29) is 45.8 Å². The minimum atomic E-state index is -0.790. The summed E-state index contributed by atoms with van der Waals surface area (Å²) < 4.78 is 28.7. The van der Waals surface area contributed by atoms with Gasteiger partial charge in [-0.2, -0.15) is 5.26 Å². The Morgan fingerprint density at radius 3 is 2.55 bits per heavy atom. The first-order valence-electron chi connectivity index (χ1n) is 8.45. The molecule has 0 aliphatic heterocycles. The Bertz CT molecular complexity index is 1100. The molecule has 0 fully saturated rings. The second kappa shape index (κ2) is 8.58. The molecule has 0 amide bonds.